The zero-order chi connectivity index (χ0) is 15.3. The third kappa shape index (κ3) is 4.63. The summed E-state index contributed by atoms with van der Waals surface area (Å²) in [6, 6.07) is 19.7. The van der Waals surface area contributed by atoms with E-state index in [9.17, 15) is 0 Å². The summed E-state index contributed by atoms with van der Waals surface area (Å²) < 4.78 is 0. The molecule has 0 aliphatic rings. The van der Waals surface area contributed by atoms with Crippen molar-refractivity contribution in [2.75, 3.05) is 5.32 Å². The molecule has 2 aromatic carbocycles. The second-order valence-corrected chi connectivity index (χ2v) is 6.88. The van der Waals surface area contributed by atoms with Gasteiger partial charge in [0.15, 0.2) is 0 Å². The van der Waals surface area contributed by atoms with Crippen LogP contribution in [0.15, 0.2) is 54.6 Å². The average Bonchev–Trinajstić information content (AvgIpc) is 2.47. The third-order valence-corrected chi connectivity index (χ3v) is 3.75. The molecule has 0 fully saturated rings. The molecule has 0 saturated carbocycles. The lowest BCUT2D eigenvalue weighted by molar-refractivity contribution is 0.352. The van der Waals surface area contributed by atoms with Gasteiger partial charge < -0.3 is 5.32 Å². The average molecular weight is 281 g/mol. The van der Waals surface area contributed by atoms with Crippen molar-refractivity contribution in [3.63, 3.8) is 0 Å². The topological polar surface area (TPSA) is 12.0 Å². The van der Waals surface area contributed by atoms with Crippen LogP contribution in [0.2, 0.25) is 0 Å². The van der Waals surface area contributed by atoms with Crippen molar-refractivity contribution in [1.82, 2.24) is 0 Å². The van der Waals surface area contributed by atoms with Gasteiger partial charge in [0.05, 0.1) is 6.04 Å². The number of benzene rings is 2. The molecule has 1 heteroatoms. The van der Waals surface area contributed by atoms with E-state index in [1.54, 1.807) is 0 Å². The first kappa shape index (κ1) is 15.6. The highest BCUT2D eigenvalue weighted by molar-refractivity contribution is 5.52. The lowest BCUT2D eigenvalue weighted by Crippen LogP contribution is -2.19. The molecular weight excluding hydrogens is 254 g/mol. The third-order valence-electron chi connectivity index (χ3n) is 3.75. The van der Waals surface area contributed by atoms with Crippen molar-refractivity contribution in [2.24, 2.45) is 5.41 Å². The Morgan fingerprint density at radius 3 is 2.14 bits per heavy atom. The van der Waals surface area contributed by atoms with Gasteiger partial charge in [-0.15, -0.1) is 0 Å². The fourth-order valence-electron chi connectivity index (χ4n) is 2.71. The molecule has 0 radical (unpaired) electrons. The van der Waals surface area contributed by atoms with Crippen molar-refractivity contribution < 1.29 is 0 Å². The van der Waals surface area contributed by atoms with E-state index in [1.165, 1.54) is 16.8 Å². The van der Waals surface area contributed by atoms with Crippen molar-refractivity contribution in [1.29, 1.82) is 0 Å². The van der Waals surface area contributed by atoms with E-state index < -0.39 is 0 Å². The summed E-state index contributed by atoms with van der Waals surface area (Å²) in [6.45, 7) is 9.12. The monoisotopic (exact) mass is 281 g/mol. The molecule has 0 bridgehead atoms. The van der Waals surface area contributed by atoms with Gasteiger partial charge >= 0.3 is 0 Å². The van der Waals surface area contributed by atoms with Crippen LogP contribution in [0.25, 0.3) is 0 Å². The first-order chi connectivity index (χ1) is 9.99. The number of aryl methyl sites for hydroxylation is 1. The highest BCUT2D eigenvalue weighted by atomic mass is 14.9. The Balaban J connectivity index is 2.28. The molecule has 0 saturated heterocycles. The van der Waals surface area contributed by atoms with Crippen LogP contribution >= 0.6 is 0 Å². The minimum absolute atomic E-state index is 0.286. The molecule has 1 unspecified atom stereocenters. The summed E-state index contributed by atoms with van der Waals surface area (Å²) in [4.78, 5) is 0. The summed E-state index contributed by atoms with van der Waals surface area (Å²) in [6.07, 6.45) is 2.16. The van der Waals surface area contributed by atoms with E-state index in [4.69, 9.17) is 0 Å². The van der Waals surface area contributed by atoms with E-state index in [-0.39, 0.29) is 5.41 Å². The summed E-state index contributed by atoms with van der Waals surface area (Å²) in [7, 11) is 0. The molecule has 1 atom stereocenters. The van der Waals surface area contributed by atoms with Gasteiger partial charge in [-0.05, 0) is 35.4 Å². The Kier molecular flexibility index (Phi) is 5.06. The maximum absolute atomic E-state index is 3.77. The Morgan fingerprint density at radius 1 is 0.905 bits per heavy atom. The molecule has 0 aliphatic carbocycles. The molecule has 0 spiro atoms. The maximum Gasteiger partial charge on any atom is 0.0518 e. The molecule has 2 aromatic rings. The maximum atomic E-state index is 3.77. The Morgan fingerprint density at radius 2 is 1.52 bits per heavy atom. The minimum atomic E-state index is 0.286. The van der Waals surface area contributed by atoms with Crippen LogP contribution in [0.1, 0.15) is 51.3 Å². The van der Waals surface area contributed by atoms with Crippen molar-refractivity contribution in [3.05, 3.63) is 65.7 Å². The predicted molar refractivity (Wildman–Crippen MR) is 92.7 cm³/mol. The smallest absolute Gasteiger partial charge is 0.0518 e. The van der Waals surface area contributed by atoms with Gasteiger partial charge in [0, 0.05) is 5.69 Å². The number of para-hydroxylation sites is 1. The quantitative estimate of drug-likeness (QED) is 0.726. The van der Waals surface area contributed by atoms with E-state index in [0.29, 0.717) is 6.04 Å². The van der Waals surface area contributed by atoms with Crippen LogP contribution < -0.4 is 5.32 Å². The largest absolute Gasteiger partial charge is 0.378 e. The van der Waals surface area contributed by atoms with Crippen molar-refractivity contribution >= 4 is 5.69 Å². The predicted octanol–water partition coefficient (Wildman–Crippen LogP) is 5.84. The van der Waals surface area contributed by atoms with Crippen LogP contribution in [0.3, 0.4) is 0 Å². The summed E-state index contributed by atoms with van der Waals surface area (Å²) >= 11 is 0. The molecule has 1 nitrogen and oxygen atoms in total. The number of anilines is 1. The van der Waals surface area contributed by atoms with Gasteiger partial charge in [-0.3, -0.25) is 0 Å². The van der Waals surface area contributed by atoms with Crippen LogP contribution in [-0.4, -0.2) is 0 Å². The van der Waals surface area contributed by atoms with Gasteiger partial charge in [0.2, 0.25) is 0 Å². The van der Waals surface area contributed by atoms with Crippen LogP contribution in [-0.2, 0) is 6.42 Å². The first-order valence-corrected chi connectivity index (χ1v) is 7.89. The second-order valence-electron chi connectivity index (χ2n) is 6.88. The zero-order valence-corrected chi connectivity index (χ0v) is 13.7. The van der Waals surface area contributed by atoms with E-state index in [0.717, 1.165) is 12.8 Å². The molecule has 0 heterocycles. The number of hydrogen-bond donors (Lipinski definition) is 1. The van der Waals surface area contributed by atoms with Gasteiger partial charge in [0.1, 0.15) is 0 Å². The molecule has 112 valence electrons. The summed E-state index contributed by atoms with van der Waals surface area (Å²) in [5.41, 5.74) is 4.29. The molecule has 21 heavy (non-hydrogen) atoms. The normalized spacial score (nSPS) is 13.0. The highest BCUT2D eigenvalue weighted by Gasteiger charge is 2.20. The molecule has 1 N–H and O–H groups in total. The fourth-order valence-corrected chi connectivity index (χ4v) is 2.71. The van der Waals surface area contributed by atoms with Gasteiger partial charge in [0.25, 0.3) is 0 Å². The molecule has 0 amide bonds. The zero-order valence-electron chi connectivity index (χ0n) is 13.7. The lowest BCUT2D eigenvalue weighted by Gasteiger charge is -2.29. The van der Waals surface area contributed by atoms with Crippen molar-refractivity contribution in [3.8, 4) is 0 Å². The Labute approximate surface area is 129 Å². The molecule has 2 rings (SSSR count). The SMILES string of the molecule is CCc1ccccc1NC(CC(C)(C)C)c1ccccc1. The minimum Gasteiger partial charge on any atom is -0.378 e. The van der Waals surface area contributed by atoms with Crippen LogP contribution in [0.4, 0.5) is 5.69 Å². The molecule has 0 aliphatic heterocycles. The fraction of sp³-hybridized carbons (Fsp3) is 0.400. The Hall–Kier alpha value is -1.76. The second kappa shape index (κ2) is 6.80. The van der Waals surface area contributed by atoms with Gasteiger partial charge in [-0.25, -0.2) is 0 Å². The highest BCUT2D eigenvalue weighted by Crippen LogP contribution is 2.33. The van der Waals surface area contributed by atoms with E-state index in [1.807, 2.05) is 0 Å². The van der Waals surface area contributed by atoms with E-state index >= 15 is 0 Å². The Bertz CT molecular complexity index is 552. The number of hydrogen-bond acceptors (Lipinski definition) is 1. The summed E-state index contributed by atoms with van der Waals surface area (Å²) in [5.74, 6) is 0. The van der Waals surface area contributed by atoms with Crippen LogP contribution in [0, 0.1) is 5.41 Å². The van der Waals surface area contributed by atoms with Gasteiger partial charge in [-0.1, -0.05) is 76.2 Å². The molecular formula is C20H27N. The summed E-state index contributed by atoms with van der Waals surface area (Å²) in [5, 5.41) is 3.77. The van der Waals surface area contributed by atoms with E-state index in [2.05, 4.69) is 87.6 Å². The first-order valence-electron chi connectivity index (χ1n) is 7.89. The number of rotatable bonds is 5. The standard InChI is InChI=1S/C20H27N/c1-5-16-11-9-10-14-18(16)21-19(15-20(2,3)4)17-12-7-6-8-13-17/h6-14,19,21H,5,15H2,1-4H3. The number of nitrogens with one attached hydrogen (secondary N) is 1. The van der Waals surface area contributed by atoms with Crippen LogP contribution in [0.5, 0.6) is 0 Å². The molecule has 0 aromatic heterocycles. The van der Waals surface area contributed by atoms with Gasteiger partial charge in [-0.2, -0.15) is 0 Å². The lowest BCUT2D eigenvalue weighted by atomic mass is 9.85. The van der Waals surface area contributed by atoms with Crippen molar-refractivity contribution in [2.45, 2.75) is 46.6 Å².